The van der Waals surface area contributed by atoms with Gasteiger partial charge in [0.15, 0.2) is 0 Å². The third kappa shape index (κ3) is 3.99. The van der Waals surface area contributed by atoms with E-state index in [1.165, 1.54) is 12.1 Å². The Kier molecular flexibility index (Phi) is 5.66. The maximum absolute atomic E-state index is 13.5. The van der Waals surface area contributed by atoms with Crippen molar-refractivity contribution in [3.05, 3.63) is 47.5 Å². The van der Waals surface area contributed by atoms with E-state index in [0.717, 1.165) is 38.3 Å². The summed E-state index contributed by atoms with van der Waals surface area (Å²) >= 11 is 0. The number of hydrogen-bond acceptors (Lipinski definition) is 4. The van der Waals surface area contributed by atoms with Crippen molar-refractivity contribution in [3.63, 3.8) is 0 Å². The molecular formula is C22H30F3N5. The highest BCUT2D eigenvalue weighted by atomic mass is 19.4. The summed E-state index contributed by atoms with van der Waals surface area (Å²) in [6, 6.07) is 6.45. The number of likely N-dealkylation sites (tertiary alicyclic amines) is 2. The Morgan fingerprint density at radius 2 is 1.87 bits per heavy atom. The van der Waals surface area contributed by atoms with Gasteiger partial charge in [-0.25, -0.2) is 0 Å². The summed E-state index contributed by atoms with van der Waals surface area (Å²) in [7, 11) is 1.95. The van der Waals surface area contributed by atoms with E-state index >= 15 is 0 Å². The van der Waals surface area contributed by atoms with Crippen molar-refractivity contribution < 1.29 is 13.2 Å². The minimum Gasteiger partial charge on any atom is -0.320 e. The van der Waals surface area contributed by atoms with Crippen LogP contribution in [0.1, 0.15) is 49.6 Å². The molecule has 2 saturated heterocycles. The Labute approximate surface area is 175 Å². The molecule has 4 rings (SSSR count). The van der Waals surface area contributed by atoms with Crippen LogP contribution in [0.3, 0.4) is 0 Å². The average molecular weight is 422 g/mol. The van der Waals surface area contributed by atoms with Gasteiger partial charge in [0.1, 0.15) is 12.2 Å². The van der Waals surface area contributed by atoms with E-state index in [9.17, 15) is 13.2 Å². The molecule has 30 heavy (non-hydrogen) atoms. The highest BCUT2D eigenvalue weighted by molar-refractivity contribution is 5.30. The number of nitrogens with zero attached hydrogens (tertiary/aromatic N) is 5. The third-order valence-corrected chi connectivity index (χ3v) is 7.02. The van der Waals surface area contributed by atoms with Gasteiger partial charge in [-0.3, -0.25) is 4.90 Å². The van der Waals surface area contributed by atoms with E-state index < -0.39 is 11.7 Å². The zero-order chi connectivity index (χ0) is 21.5. The number of piperidine rings is 1. The molecule has 1 aromatic heterocycles. The lowest BCUT2D eigenvalue weighted by atomic mass is 9.70. The van der Waals surface area contributed by atoms with Gasteiger partial charge < -0.3 is 9.47 Å². The van der Waals surface area contributed by atoms with Gasteiger partial charge in [0.05, 0.1) is 5.56 Å². The first-order chi connectivity index (χ1) is 14.2. The van der Waals surface area contributed by atoms with E-state index in [-0.39, 0.29) is 11.3 Å². The minimum atomic E-state index is -4.33. The number of aromatic nitrogens is 3. The van der Waals surface area contributed by atoms with Crippen LogP contribution in [-0.4, -0.2) is 56.8 Å². The van der Waals surface area contributed by atoms with Crippen LogP contribution in [0, 0.1) is 5.41 Å². The maximum Gasteiger partial charge on any atom is 0.416 e. The first kappa shape index (κ1) is 21.3. The predicted molar refractivity (Wildman–Crippen MR) is 109 cm³/mol. The monoisotopic (exact) mass is 421 g/mol. The maximum atomic E-state index is 13.5. The summed E-state index contributed by atoms with van der Waals surface area (Å²) < 4.78 is 42.5. The summed E-state index contributed by atoms with van der Waals surface area (Å²) in [5, 5.41) is 8.47. The van der Waals surface area contributed by atoms with Crippen LogP contribution < -0.4 is 0 Å². The molecule has 0 N–H and O–H groups in total. The molecule has 2 aliphatic rings. The Balaban J connectivity index is 1.60. The number of benzene rings is 1. The molecular weight excluding hydrogens is 391 g/mol. The van der Waals surface area contributed by atoms with E-state index in [1.807, 2.05) is 11.6 Å². The topological polar surface area (TPSA) is 37.2 Å². The zero-order valence-corrected chi connectivity index (χ0v) is 17.9. The number of alkyl halides is 3. The lowest BCUT2D eigenvalue weighted by Crippen LogP contribution is -2.46. The third-order valence-electron chi connectivity index (χ3n) is 7.02. The Hall–Kier alpha value is -1.93. The van der Waals surface area contributed by atoms with Crippen molar-refractivity contribution in [3.8, 4) is 0 Å². The fourth-order valence-electron chi connectivity index (χ4n) is 5.32. The largest absolute Gasteiger partial charge is 0.416 e. The van der Waals surface area contributed by atoms with E-state index in [4.69, 9.17) is 0 Å². The van der Waals surface area contributed by atoms with Crippen molar-refractivity contribution in [2.24, 2.45) is 12.5 Å². The molecule has 0 aliphatic carbocycles. The molecule has 1 spiro atoms. The Morgan fingerprint density at radius 1 is 1.17 bits per heavy atom. The van der Waals surface area contributed by atoms with E-state index in [0.29, 0.717) is 24.7 Å². The SMILES string of the molecule is CC(C)N1CCC2(CC1)CN(Cc1ccccc1C(F)(F)F)CC2c1nncn1C. The van der Waals surface area contributed by atoms with Crippen molar-refractivity contribution in [2.45, 2.75) is 51.4 Å². The molecule has 0 saturated carbocycles. The number of halogens is 3. The Bertz CT molecular complexity index is 868. The summed E-state index contributed by atoms with van der Waals surface area (Å²) in [6.07, 6.45) is -0.562. The molecule has 2 fully saturated rings. The molecule has 0 amide bonds. The smallest absolute Gasteiger partial charge is 0.320 e. The summed E-state index contributed by atoms with van der Waals surface area (Å²) in [5.74, 6) is 1.12. The predicted octanol–water partition coefficient (Wildman–Crippen LogP) is 3.92. The molecule has 2 aromatic rings. The summed E-state index contributed by atoms with van der Waals surface area (Å²) in [5.41, 5.74) is -0.159. The minimum absolute atomic E-state index is 0.0271. The molecule has 2 aliphatic heterocycles. The van der Waals surface area contributed by atoms with Gasteiger partial charge in [0.2, 0.25) is 0 Å². The van der Waals surface area contributed by atoms with Gasteiger partial charge >= 0.3 is 6.18 Å². The average Bonchev–Trinajstić information content (AvgIpc) is 3.25. The first-order valence-corrected chi connectivity index (χ1v) is 10.6. The van der Waals surface area contributed by atoms with Gasteiger partial charge in [-0.2, -0.15) is 13.2 Å². The molecule has 1 unspecified atom stereocenters. The van der Waals surface area contributed by atoms with Crippen LogP contribution in [0.25, 0.3) is 0 Å². The second-order valence-corrected chi connectivity index (χ2v) is 9.17. The first-order valence-electron chi connectivity index (χ1n) is 10.6. The van der Waals surface area contributed by atoms with Crippen LogP contribution >= 0.6 is 0 Å². The lowest BCUT2D eigenvalue weighted by molar-refractivity contribution is -0.138. The van der Waals surface area contributed by atoms with Crippen LogP contribution in [0.5, 0.6) is 0 Å². The van der Waals surface area contributed by atoms with Crippen molar-refractivity contribution in [1.82, 2.24) is 24.6 Å². The van der Waals surface area contributed by atoms with Crippen molar-refractivity contribution in [1.29, 1.82) is 0 Å². The molecule has 3 heterocycles. The molecule has 1 aromatic carbocycles. The second kappa shape index (κ2) is 7.96. The van der Waals surface area contributed by atoms with Gasteiger partial charge in [-0.15, -0.1) is 10.2 Å². The zero-order valence-electron chi connectivity index (χ0n) is 17.9. The van der Waals surface area contributed by atoms with E-state index in [1.54, 1.807) is 18.5 Å². The van der Waals surface area contributed by atoms with Gasteiger partial charge in [-0.1, -0.05) is 18.2 Å². The summed E-state index contributed by atoms with van der Waals surface area (Å²) in [6.45, 7) is 8.26. The van der Waals surface area contributed by atoms with Crippen molar-refractivity contribution >= 4 is 0 Å². The van der Waals surface area contributed by atoms with Crippen molar-refractivity contribution in [2.75, 3.05) is 26.2 Å². The van der Waals surface area contributed by atoms with Gasteiger partial charge in [0.25, 0.3) is 0 Å². The Morgan fingerprint density at radius 3 is 2.47 bits per heavy atom. The van der Waals surface area contributed by atoms with Crippen LogP contribution in [0.2, 0.25) is 0 Å². The standard InChI is InChI=1S/C22H30F3N5/c1-16(2)30-10-8-21(9-11-30)14-29(13-19(21)20-27-26-15-28(20)3)12-17-6-4-5-7-18(17)22(23,24)25/h4-7,15-16,19H,8-14H2,1-3H3. The summed E-state index contributed by atoms with van der Waals surface area (Å²) in [4.78, 5) is 4.68. The normalized spacial score (nSPS) is 23.0. The molecule has 0 bridgehead atoms. The molecule has 5 nitrogen and oxygen atoms in total. The highest BCUT2D eigenvalue weighted by Crippen LogP contribution is 2.50. The molecule has 8 heteroatoms. The molecule has 0 radical (unpaired) electrons. The number of hydrogen-bond donors (Lipinski definition) is 0. The van der Waals surface area contributed by atoms with E-state index in [2.05, 4.69) is 33.8 Å². The fourth-order valence-corrected chi connectivity index (χ4v) is 5.32. The second-order valence-electron chi connectivity index (χ2n) is 9.17. The quantitative estimate of drug-likeness (QED) is 0.750. The molecule has 164 valence electrons. The van der Waals surface area contributed by atoms with Gasteiger partial charge in [-0.05, 0) is 56.8 Å². The van der Waals surface area contributed by atoms with Gasteiger partial charge in [0, 0.05) is 38.6 Å². The number of rotatable bonds is 4. The fraction of sp³-hybridized carbons (Fsp3) is 0.636. The van der Waals surface area contributed by atoms with Crippen LogP contribution in [0.15, 0.2) is 30.6 Å². The van der Waals surface area contributed by atoms with Crippen LogP contribution in [-0.2, 0) is 19.8 Å². The highest BCUT2D eigenvalue weighted by Gasteiger charge is 2.50. The molecule has 1 atom stereocenters. The number of aryl methyl sites for hydroxylation is 1. The lowest BCUT2D eigenvalue weighted by Gasteiger charge is -2.43. The van der Waals surface area contributed by atoms with Crippen LogP contribution in [0.4, 0.5) is 13.2 Å².